The van der Waals surface area contributed by atoms with Crippen LogP contribution in [0.5, 0.6) is 0 Å². The highest BCUT2D eigenvalue weighted by Crippen LogP contribution is 2.33. The molecule has 1 aliphatic heterocycles. The lowest BCUT2D eigenvalue weighted by Gasteiger charge is -2.38. The summed E-state index contributed by atoms with van der Waals surface area (Å²) >= 11 is 0. The predicted molar refractivity (Wildman–Crippen MR) is 110 cm³/mol. The van der Waals surface area contributed by atoms with Crippen molar-refractivity contribution < 1.29 is 9.50 Å². The van der Waals surface area contributed by atoms with E-state index in [2.05, 4.69) is 29.2 Å². The molecule has 0 unspecified atom stereocenters. The Morgan fingerprint density at radius 1 is 0.786 bits per heavy atom. The molecule has 0 atom stereocenters. The van der Waals surface area contributed by atoms with E-state index in [-0.39, 0.29) is 5.82 Å². The van der Waals surface area contributed by atoms with Crippen LogP contribution in [0.15, 0.2) is 78.9 Å². The second kappa shape index (κ2) is 8.26. The molecule has 1 saturated heterocycles. The lowest BCUT2D eigenvalue weighted by molar-refractivity contribution is -0.0277. The summed E-state index contributed by atoms with van der Waals surface area (Å²) in [6, 6.07) is 25.4. The molecule has 3 aromatic carbocycles. The first kappa shape index (κ1) is 18.9. The molecule has 1 N–H and O–H groups in total. The Morgan fingerprint density at radius 3 is 2.11 bits per heavy atom. The molecule has 0 bridgehead atoms. The van der Waals surface area contributed by atoms with Crippen LogP contribution in [0.1, 0.15) is 35.1 Å². The summed E-state index contributed by atoms with van der Waals surface area (Å²) in [7, 11) is 0. The van der Waals surface area contributed by atoms with Crippen LogP contribution in [0.4, 0.5) is 4.39 Å². The number of hydrogen-bond acceptors (Lipinski definition) is 2. The molecule has 3 aromatic rings. The molecule has 1 heterocycles. The second-order valence-corrected chi connectivity index (χ2v) is 7.76. The van der Waals surface area contributed by atoms with Crippen molar-refractivity contribution in [2.45, 2.75) is 31.4 Å². The highest BCUT2D eigenvalue weighted by molar-refractivity contribution is 5.32. The minimum atomic E-state index is -0.774. The first-order valence-electron chi connectivity index (χ1n) is 9.94. The number of nitrogens with zero attached hydrogens (tertiary/aromatic N) is 1. The molecule has 1 fully saturated rings. The van der Waals surface area contributed by atoms with E-state index in [0.717, 1.165) is 43.6 Å². The minimum absolute atomic E-state index is 0.170. The maximum atomic E-state index is 13.9. The number of likely N-dealkylation sites (tertiary alicyclic amines) is 1. The van der Waals surface area contributed by atoms with E-state index in [1.807, 2.05) is 42.5 Å². The Morgan fingerprint density at radius 2 is 1.43 bits per heavy atom. The number of aliphatic hydroxyl groups is 1. The van der Waals surface area contributed by atoms with Crippen molar-refractivity contribution >= 4 is 0 Å². The van der Waals surface area contributed by atoms with Gasteiger partial charge in [0.25, 0.3) is 0 Å². The van der Waals surface area contributed by atoms with Gasteiger partial charge in [-0.3, -0.25) is 4.90 Å². The zero-order chi connectivity index (χ0) is 19.4. The summed E-state index contributed by atoms with van der Waals surface area (Å²) in [6.07, 6.45) is 2.02. The summed E-state index contributed by atoms with van der Waals surface area (Å²) in [5.41, 5.74) is 3.25. The van der Waals surface area contributed by atoms with E-state index >= 15 is 0 Å². The average molecular weight is 375 g/mol. The largest absolute Gasteiger partial charge is 0.385 e. The summed E-state index contributed by atoms with van der Waals surface area (Å²) in [6.45, 7) is 2.68. The molecule has 0 spiro atoms. The summed E-state index contributed by atoms with van der Waals surface area (Å²) in [5, 5.41) is 11.2. The molecule has 0 amide bonds. The van der Waals surface area contributed by atoms with Crippen molar-refractivity contribution in [2.75, 3.05) is 13.1 Å². The quantitative estimate of drug-likeness (QED) is 0.686. The van der Waals surface area contributed by atoms with Gasteiger partial charge in [-0.05, 0) is 41.2 Å². The molecule has 2 nitrogen and oxygen atoms in total. The van der Waals surface area contributed by atoms with Crippen molar-refractivity contribution in [3.8, 4) is 0 Å². The molecule has 0 aliphatic carbocycles. The van der Waals surface area contributed by atoms with Gasteiger partial charge in [0.15, 0.2) is 0 Å². The molecule has 28 heavy (non-hydrogen) atoms. The van der Waals surface area contributed by atoms with Gasteiger partial charge in [-0.1, -0.05) is 72.8 Å². The minimum Gasteiger partial charge on any atom is -0.385 e. The van der Waals surface area contributed by atoms with Crippen LogP contribution < -0.4 is 0 Å². The zero-order valence-corrected chi connectivity index (χ0v) is 16.0. The molecule has 144 valence electrons. The molecule has 3 heteroatoms. The van der Waals surface area contributed by atoms with Gasteiger partial charge in [0, 0.05) is 26.1 Å². The maximum Gasteiger partial charge on any atom is 0.126 e. The van der Waals surface area contributed by atoms with Crippen molar-refractivity contribution in [1.29, 1.82) is 0 Å². The van der Waals surface area contributed by atoms with E-state index < -0.39 is 5.60 Å². The third kappa shape index (κ3) is 4.32. The van der Waals surface area contributed by atoms with E-state index in [0.29, 0.717) is 12.0 Å². The fraction of sp³-hybridized carbons (Fsp3) is 0.280. The topological polar surface area (TPSA) is 23.5 Å². The van der Waals surface area contributed by atoms with Crippen LogP contribution in [0.3, 0.4) is 0 Å². The monoisotopic (exact) mass is 375 g/mol. The van der Waals surface area contributed by atoms with Gasteiger partial charge in [-0.25, -0.2) is 4.39 Å². The standard InChI is InChI=1S/C25H26FNO/c26-24-9-5-4-8-22(24)18-20-10-12-23(13-11-20)25(28)14-16-27(17-15-25)19-21-6-2-1-3-7-21/h1-13,28H,14-19H2. The van der Waals surface area contributed by atoms with E-state index in [9.17, 15) is 9.50 Å². The van der Waals surface area contributed by atoms with Gasteiger partial charge in [0.2, 0.25) is 0 Å². The fourth-order valence-electron chi connectivity index (χ4n) is 4.01. The van der Waals surface area contributed by atoms with Crippen LogP contribution in [0.25, 0.3) is 0 Å². The first-order valence-corrected chi connectivity index (χ1v) is 9.94. The molecule has 4 rings (SSSR count). The normalized spacial score (nSPS) is 16.8. The number of benzene rings is 3. The summed E-state index contributed by atoms with van der Waals surface area (Å²) < 4.78 is 13.9. The molecule has 0 aromatic heterocycles. The zero-order valence-electron chi connectivity index (χ0n) is 16.0. The maximum absolute atomic E-state index is 13.9. The van der Waals surface area contributed by atoms with Crippen LogP contribution in [-0.2, 0) is 18.6 Å². The highest BCUT2D eigenvalue weighted by Gasteiger charge is 2.33. The van der Waals surface area contributed by atoms with Crippen molar-refractivity contribution in [3.05, 3.63) is 107 Å². The van der Waals surface area contributed by atoms with Crippen molar-refractivity contribution in [1.82, 2.24) is 4.90 Å². The van der Waals surface area contributed by atoms with Gasteiger partial charge >= 0.3 is 0 Å². The lowest BCUT2D eigenvalue weighted by Crippen LogP contribution is -2.42. The van der Waals surface area contributed by atoms with Gasteiger partial charge < -0.3 is 5.11 Å². The summed E-state index contributed by atoms with van der Waals surface area (Å²) in [4.78, 5) is 2.40. The van der Waals surface area contributed by atoms with Gasteiger partial charge in [0.1, 0.15) is 5.82 Å². The Balaban J connectivity index is 1.38. The lowest BCUT2D eigenvalue weighted by atomic mass is 9.84. The Hall–Kier alpha value is -2.49. The van der Waals surface area contributed by atoms with Crippen LogP contribution >= 0.6 is 0 Å². The van der Waals surface area contributed by atoms with Crippen LogP contribution in [0, 0.1) is 5.82 Å². The van der Waals surface area contributed by atoms with Gasteiger partial charge in [0.05, 0.1) is 5.60 Å². The molecule has 1 aliphatic rings. The number of hydrogen-bond donors (Lipinski definition) is 1. The van der Waals surface area contributed by atoms with Crippen molar-refractivity contribution in [3.63, 3.8) is 0 Å². The average Bonchev–Trinajstić information content (AvgIpc) is 2.73. The number of halogens is 1. The van der Waals surface area contributed by atoms with E-state index in [1.165, 1.54) is 11.6 Å². The van der Waals surface area contributed by atoms with Gasteiger partial charge in [-0.15, -0.1) is 0 Å². The third-order valence-corrected chi connectivity index (χ3v) is 5.78. The van der Waals surface area contributed by atoms with E-state index in [4.69, 9.17) is 0 Å². The Kier molecular flexibility index (Phi) is 5.56. The van der Waals surface area contributed by atoms with Crippen molar-refractivity contribution in [2.24, 2.45) is 0 Å². The molecular weight excluding hydrogens is 349 g/mol. The smallest absolute Gasteiger partial charge is 0.126 e. The highest BCUT2D eigenvalue weighted by atomic mass is 19.1. The number of piperidine rings is 1. The third-order valence-electron chi connectivity index (χ3n) is 5.78. The second-order valence-electron chi connectivity index (χ2n) is 7.76. The first-order chi connectivity index (χ1) is 13.6. The van der Waals surface area contributed by atoms with E-state index in [1.54, 1.807) is 6.07 Å². The van der Waals surface area contributed by atoms with Crippen LogP contribution in [0.2, 0.25) is 0 Å². The SMILES string of the molecule is OC1(c2ccc(Cc3ccccc3F)cc2)CCN(Cc2ccccc2)CC1. The Bertz CT molecular complexity index is 899. The molecule has 0 saturated carbocycles. The molecular formula is C25H26FNO. The summed E-state index contributed by atoms with van der Waals surface area (Å²) in [5.74, 6) is -0.170. The Labute approximate surface area is 166 Å². The predicted octanol–water partition coefficient (Wildman–Crippen LogP) is 4.90. The van der Waals surface area contributed by atoms with Gasteiger partial charge in [-0.2, -0.15) is 0 Å². The molecule has 0 radical (unpaired) electrons. The number of rotatable bonds is 5. The van der Waals surface area contributed by atoms with Crippen LogP contribution in [-0.4, -0.2) is 23.1 Å². The fourth-order valence-corrected chi connectivity index (χ4v) is 4.01.